The van der Waals surface area contributed by atoms with E-state index < -0.39 is 0 Å². The lowest BCUT2D eigenvalue weighted by Crippen LogP contribution is -2.38. The predicted molar refractivity (Wildman–Crippen MR) is 120 cm³/mol. The summed E-state index contributed by atoms with van der Waals surface area (Å²) in [6.45, 7) is 5.08. The molecule has 2 N–H and O–H groups in total. The molecule has 0 bridgehead atoms. The van der Waals surface area contributed by atoms with Crippen LogP contribution < -0.4 is 10.6 Å². The lowest BCUT2D eigenvalue weighted by atomic mass is 10.2. The number of carbonyl (C=O) groups excluding carboxylic acids is 1. The number of ether oxygens (including phenoxy) is 1. The zero-order chi connectivity index (χ0) is 21.8. The van der Waals surface area contributed by atoms with E-state index in [9.17, 15) is 4.79 Å². The van der Waals surface area contributed by atoms with Crippen LogP contribution in [0.15, 0.2) is 48.5 Å². The van der Waals surface area contributed by atoms with Gasteiger partial charge in [0.05, 0.1) is 24.2 Å². The molecule has 5 rings (SSSR count). The second-order valence-electron chi connectivity index (χ2n) is 7.63. The van der Waals surface area contributed by atoms with Crippen molar-refractivity contribution in [1.82, 2.24) is 35.2 Å². The third-order valence-electron chi connectivity index (χ3n) is 5.45. The number of morpholine rings is 1. The highest BCUT2D eigenvalue weighted by Gasteiger charge is 2.13. The molecular weight excluding hydrogens is 408 g/mol. The van der Waals surface area contributed by atoms with E-state index in [1.807, 2.05) is 36.4 Å². The van der Waals surface area contributed by atoms with E-state index in [-0.39, 0.29) is 5.91 Å². The number of nitrogens with one attached hydrogen (secondary N) is 2. The Morgan fingerprint density at radius 1 is 1.09 bits per heavy atom. The van der Waals surface area contributed by atoms with Gasteiger partial charge in [0.1, 0.15) is 0 Å². The molecule has 4 aromatic rings. The highest BCUT2D eigenvalue weighted by molar-refractivity contribution is 5.95. The summed E-state index contributed by atoms with van der Waals surface area (Å²) in [5.41, 5.74) is 3.42. The minimum atomic E-state index is -0.101. The van der Waals surface area contributed by atoms with Gasteiger partial charge >= 0.3 is 0 Å². The molecule has 2 aromatic heterocycles. The first kappa shape index (κ1) is 20.3. The second kappa shape index (κ2) is 9.25. The summed E-state index contributed by atoms with van der Waals surface area (Å²) < 4.78 is 7.01. The lowest BCUT2D eigenvalue weighted by Gasteiger charge is -2.26. The Balaban J connectivity index is 1.26. The van der Waals surface area contributed by atoms with Gasteiger partial charge < -0.3 is 15.4 Å². The number of carbonyl (C=O) groups is 1. The molecule has 1 aliphatic heterocycles. The van der Waals surface area contributed by atoms with Crippen molar-refractivity contribution >= 4 is 34.1 Å². The predicted octanol–water partition coefficient (Wildman–Crippen LogP) is 1.87. The number of rotatable bonds is 7. The molecule has 1 fully saturated rings. The zero-order valence-corrected chi connectivity index (χ0v) is 17.6. The van der Waals surface area contributed by atoms with Gasteiger partial charge in [0.25, 0.3) is 5.91 Å². The average molecular weight is 432 g/mol. The molecule has 1 saturated heterocycles. The van der Waals surface area contributed by atoms with Gasteiger partial charge in [-0.2, -0.15) is 4.52 Å². The number of amides is 1. The Morgan fingerprint density at radius 2 is 1.97 bits per heavy atom. The Labute approximate surface area is 184 Å². The van der Waals surface area contributed by atoms with E-state index >= 15 is 0 Å². The molecule has 10 heteroatoms. The number of tetrazole rings is 1. The topological polar surface area (TPSA) is 110 Å². The van der Waals surface area contributed by atoms with E-state index in [2.05, 4.69) is 36.0 Å². The van der Waals surface area contributed by atoms with Crippen LogP contribution in [0, 0.1) is 0 Å². The van der Waals surface area contributed by atoms with Crippen molar-refractivity contribution in [2.24, 2.45) is 0 Å². The van der Waals surface area contributed by atoms with Crippen LogP contribution in [0.1, 0.15) is 16.8 Å². The summed E-state index contributed by atoms with van der Waals surface area (Å²) in [4.78, 5) is 19.6. The van der Waals surface area contributed by atoms with Gasteiger partial charge in [-0.05, 0) is 53.7 Å². The number of aromatic nitrogens is 5. The smallest absolute Gasteiger partial charge is 0.251 e. The van der Waals surface area contributed by atoms with Crippen molar-refractivity contribution in [2.75, 3.05) is 44.7 Å². The molecule has 0 radical (unpaired) electrons. The number of fused-ring (bicyclic) bond motifs is 3. The molecule has 2 aromatic carbocycles. The molecule has 0 aliphatic carbocycles. The second-order valence-corrected chi connectivity index (χ2v) is 7.63. The highest BCUT2D eigenvalue weighted by Crippen LogP contribution is 2.23. The molecule has 3 heterocycles. The lowest BCUT2D eigenvalue weighted by molar-refractivity contribution is 0.0374. The Morgan fingerprint density at radius 3 is 2.88 bits per heavy atom. The maximum Gasteiger partial charge on any atom is 0.251 e. The fourth-order valence-corrected chi connectivity index (χ4v) is 3.80. The third kappa shape index (κ3) is 4.36. The van der Waals surface area contributed by atoms with Gasteiger partial charge in [0, 0.05) is 30.9 Å². The largest absolute Gasteiger partial charge is 0.379 e. The van der Waals surface area contributed by atoms with Crippen molar-refractivity contribution in [3.63, 3.8) is 0 Å². The van der Waals surface area contributed by atoms with Crippen LogP contribution in [-0.4, -0.2) is 75.2 Å². The van der Waals surface area contributed by atoms with Crippen LogP contribution in [0.2, 0.25) is 0 Å². The number of para-hydroxylation sites is 2. The Kier molecular flexibility index (Phi) is 5.86. The highest BCUT2D eigenvalue weighted by atomic mass is 16.5. The minimum Gasteiger partial charge on any atom is -0.379 e. The minimum absolute atomic E-state index is 0.101. The molecule has 1 amide bonds. The fraction of sp³-hybridized carbons (Fsp3) is 0.318. The molecule has 0 atom stereocenters. The molecule has 0 spiro atoms. The first-order valence-corrected chi connectivity index (χ1v) is 10.7. The normalized spacial score (nSPS) is 14.6. The molecule has 0 unspecified atom stereocenters. The molecule has 164 valence electrons. The summed E-state index contributed by atoms with van der Waals surface area (Å²) in [6.07, 6.45) is 0.905. The third-order valence-corrected chi connectivity index (χ3v) is 5.45. The Hall–Kier alpha value is -3.63. The van der Waals surface area contributed by atoms with E-state index in [1.54, 1.807) is 16.6 Å². The monoisotopic (exact) mass is 432 g/mol. The number of hydrogen-bond acceptors (Lipinski definition) is 8. The van der Waals surface area contributed by atoms with Gasteiger partial charge in [-0.25, -0.2) is 4.98 Å². The van der Waals surface area contributed by atoms with Crippen LogP contribution >= 0.6 is 0 Å². The maximum absolute atomic E-state index is 12.6. The molecule has 1 aliphatic rings. The van der Waals surface area contributed by atoms with Crippen molar-refractivity contribution in [3.8, 4) is 0 Å². The van der Waals surface area contributed by atoms with Crippen molar-refractivity contribution in [2.45, 2.75) is 6.42 Å². The van der Waals surface area contributed by atoms with E-state index in [4.69, 9.17) is 4.74 Å². The molecule has 32 heavy (non-hydrogen) atoms. The van der Waals surface area contributed by atoms with E-state index in [0.717, 1.165) is 56.0 Å². The summed E-state index contributed by atoms with van der Waals surface area (Å²) in [5, 5.41) is 18.2. The van der Waals surface area contributed by atoms with Crippen molar-refractivity contribution in [1.29, 1.82) is 0 Å². The summed E-state index contributed by atoms with van der Waals surface area (Å²) >= 11 is 0. The van der Waals surface area contributed by atoms with Gasteiger partial charge in [-0.1, -0.05) is 18.2 Å². The van der Waals surface area contributed by atoms with Gasteiger partial charge in [-0.15, -0.1) is 5.10 Å². The average Bonchev–Trinajstić information content (AvgIpc) is 3.33. The first-order chi connectivity index (χ1) is 15.8. The molecule has 10 nitrogen and oxygen atoms in total. The first-order valence-electron chi connectivity index (χ1n) is 10.7. The summed E-state index contributed by atoms with van der Waals surface area (Å²) in [6, 6.07) is 15.0. The van der Waals surface area contributed by atoms with Crippen LogP contribution in [-0.2, 0) is 4.74 Å². The van der Waals surface area contributed by atoms with Crippen LogP contribution in [0.4, 0.5) is 11.5 Å². The van der Waals surface area contributed by atoms with E-state index in [0.29, 0.717) is 23.6 Å². The maximum atomic E-state index is 12.6. The van der Waals surface area contributed by atoms with Crippen LogP contribution in [0.5, 0.6) is 0 Å². The Bertz CT molecular complexity index is 1240. The standard InChI is InChI=1S/C22H24N8O2/c31-22(23-9-4-10-29-11-13-32-14-12-29)16-5-3-6-17(15-16)24-20-21-26-27-28-30(21)19-8-2-1-7-18(19)25-20/h1-3,5-8,15H,4,9-14H2,(H,23,31)(H,24,25). The number of nitrogens with zero attached hydrogens (tertiary/aromatic N) is 6. The SMILES string of the molecule is O=C(NCCCN1CCOCC1)c1cccc(Nc2nc3ccccc3n3nnnc23)c1. The van der Waals surface area contributed by atoms with Gasteiger partial charge in [-0.3, -0.25) is 9.69 Å². The molecule has 0 saturated carbocycles. The number of benzene rings is 2. The quantitative estimate of drug-likeness (QED) is 0.426. The summed E-state index contributed by atoms with van der Waals surface area (Å²) in [5.74, 6) is 0.424. The summed E-state index contributed by atoms with van der Waals surface area (Å²) in [7, 11) is 0. The fourth-order valence-electron chi connectivity index (χ4n) is 3.80. The molecular formula is C22H24N8O2. The van der Waals surface area contributed by atoms with Crippen LogP contribution in [0.3, 0.4) is 0 Å². The van der Waals surface area contributed by atoms with Crippen molar-refractivity contribution < 1.29 is 9.53 Å². The van der Waals surface area contributed by atoms with E-state index in [1.165, 1.54) is 0 Å². The van der Waals surface area contributed by atoms with Crippen molar-refractivity contribution in [3.05, 3.63) is 54.1 Å². The zero-order valence-electron chi connectivity index (χ0n) is 17.6. The van der Waals surface area contributed by atoms with Gasteiger partial charge in [0.15, 0.2) is 5.82 Å². The number of anilines is 2. The number of hydrogen-bond donors (Lipinski definition) is 2. The van der Waals surface area contributed by atoms with Crippen LogP contribution in [0.25, 0.3) is 16.7 Å². The van der Waals surface area contributed by atoms with Gasteiger partial charge in [0.2, 0.25) is 5.65 Å².